The van der Waals surface area contributed by atoms with Crippen molar-refractivity contribution < 1.29 is 13.2 Å². The lowest BCUT2D eigenvalue weighted by Gasteiger charge is -2.12. The van der Waals surface area contributed by atoms with Gasteiger partial charge in [0, 0.05) is 12.1 Å². The van der Waals surface area contributed by atoms with E-state index in [0.29, 0.717) is 12.1 Å². The molecule has 0 radical (unpaired) electrons. The molecule has 0 spiro atoms. The molecular formula is C13H10Cl2F3N3. The maximum absolute atomic E-state index is 12.9. The van der Waals surface area contributed by atoms with Crippen molar-refractivity contribution in [1.82, 2.24) is 9.97 Å². The minimum absolute atomic E-state index is 0.0563. The van der Waals surface area contributed by atoms with Crippen LogP contribution < -0.4 is 5.32 Å². The van der Waals surface area contributed by atoms with Crippen molar-refractivity contribution in [3.05, 3.63) is 40.0 Å². The summed E-state index contributed by atoms with van der Waals surface area (Å²) in [5.74, 6) is -0.113. The Morgan fingerprint density at radius 2 is 1.90 bits per heavy atom. The van der Waals surface area contributed by atoms with Crippen molar-refractivity contribution in [3.63, 3.8) is 0 Å². The van der Waals surface area contributed by atoms with Gasteiger partial charge in [-0.15, -0.1) is 0 Å². The third kappa shape index (κ3) is 3.57. The van der Waals surface area contributed by atoms with E-state index in [1.165, 1.54) is 0 Å². The molecule has 0 unspecified atom stereocenters. The first kappa shape index (κ1) is 15.9. The summed E-state index contributed by atoms with van der Waals surface area (Å²) in [4.78, 5) is 7.49. The molecule has 1 heterocycles. The largest absolute Gasteiger partial charge is 0.433 e. The molecular weight excluding hydrogens is 326 g/mol. The Morgan fingerprint density at radius 1 is 1.19 bits per heavy atom. The molecule has 0 saturated carbocycles. The molecule has 0 amide bonds. The van der Waals surface area contributed by atoms with E-state index in [2.05, 4.69) is 15.3 Å². The lowest BCUT2D eigenvalue weighted by molar-refractivity contribution is -0.141. The fourth-order valence-electron chi connectivity index (χ4n) is 1.67. The van der Waals surface area contributed by atoms with Crippen molar-refractivity contribution >= 4 is 29.2 Å². The lowest BCUT2D eigenvalue weighted by Crippen LogP contribution is -2.12. The van der Waals surface area contributed by atoms with Gasteiger partial charge >= 0.3 is 6.18 Å². The van der Waals surface area contributed by atoms with Crippen molar-refractivity contribution in [3.8, 4) is 11.3 Å². The molecule has 2 aromatic rings. The molecule has 1 N–H and O–H groups in total. The van der Waals surface area contributed by atoms with Crippen LogP contribution in [0.1, 0.15) is 12.6 Å². The van der Waals surface area contributed by atoms with Crippen LogP contribution in [0.2, 0.25) is 10.0 Å². The fourth-order valence-corrected chi connectivity index (χ4v) is 2.07. The second kappa shape index (κ2) is 6.07. The topological polar surface area (TPSA) is 37.8 Å². The van der Waals surface area contributed by atoms with Crippen molar-refractivity contribution in [2.45, 2.75) is 13.1 Å². The number of halogens is 5. The van der Waals surface area contributed by atoms with Crippen LogP contribution in [0.5, 0.6) is 0 Å². The molecule has 21 heavy (non-hydrogen) atoms. The Morgan fingerprint density at radius 3 is 2.52 bits per heavy atom. The monoisotopic (exact) mass is 335 g/mol. The van der Waals surface area contributed by atoms with E-state index < -0.39 is 11.9 Å². The van der Waals surface area contributed by atoms with Crippen molar-refractivity contribution in [2.24, 2.45) is 0 Å². The average molecular weight is 336 g/mol. The normalized spacial score (nSPS) is 11.5. The molecule has 0 aliphatic heterocycles. The molecule has 3 nitrogen and oxygen atoms in total. The molecule has 0 aliphatic carbocycles. The van der Waals surface area contributed by atoms with Gasteiger partial charge in [-0.3, -0.25) is 0 Å². The molecule has 0 aliphatic rings. The highest BCUT2D eigenvalue weighted by molar-refractivity contribution is 6.43. The molecule has 1 aromatic carbocycles. The van der Waals surface area contributed by atoms with E-state index in [-0.39, 0.29) is 21.7 Å². The van der Waals surface area contributed by atoms with E-state index >= 15 is 0 Å². The Labute approximate surface area is 129 Å². The maximum Gasteiger partial charge on any atom is 0.433 e. The zero-order chi connectivity index (χ0) is 15.6. The number of benzene rings is 1. The SMILES string of the molecule is CCNc1nc(-c2cccc(Cl)c2Cl)cc(C(F)(F)F)n1. The summed E-state index contributed by atoms with van der Waals surface area (Å²) >= 11 is 11.9. The molecule has 1 aromatic heterocycles. The molecule has 112 valence electrons. The van der Waals surface area contributed by atoms with Crippen LogP contribution in [0.15, 0.2) is 24.3 Å². The number of hydrogen-bond acceptors (Lipinski definition) is 3. The van der Waals surface area contributed by atoms with Gasteiger partial charge < -0.3 is 5.32 Å². The average Bonchev–Trinajstić information content (AvgIpc) is 2.41. The van der Waals surface area contributed by atoms with E-state index in [1.54, 1.807) is 25.1 Å². The van der Waals surface area contributed by atoms with Gasteiger partial charge in [0.05, 0.1) is 15.7 Å². The maximum atomic E-state index is 12.9. The molecule has 8 heteroatoms. The van der Waals surface area contributed by atoms with E-state index in [1.807, 2.05) is 0 Å². The fraction of sp³-hybridized carbons (Fsp3) is 0.231. The summed E-state index contributed by atoms with van der Waals surface area (Å²) < 4.78 is 38.7. The van der Waals surface area contributed by atoms with E-state index in [4.69, 9.17) is 23.2 Å². The van der Waals surface area contributed by atoms with Crippen LogP contribution in [-0.2, 0) is 6.18 Å². The van der Waals surface area contributed by atoms with Gasteiger partial charge in [-0.25, -0.2) is 9.97 Å². The highest BCUT2D eigenvalue weighted by atomic mass is 35.5. The minimum atomic E-state index is -4.58. The number of anilines is 1. The Kier molecular flexibility index (Phi) is 4.58. The summed E-state index contributed by atoms with van der Waals surface area (Å²) in [6, 6.07) is 5.53. The minimum Gasteiger partial charge on any atom is -0.354 e. The van der Waals surface area contributed by atoms with Crippen LogP contribution in [0.4, 0.5) is 19.1 Å². The first-order valence-electron chi connectivity index (χ1n) is 5.97. The van der Waals surface area contributed by atoms with Crippen LogP contribution in [0.3, 0.4) is 0 Å². The summed E-state index contributed by atoms with van der Waals surface area (Å²) in [5, 5.41) is 3.05. The Hall–Kier alpha value is -1.53. The van der Waals surface area contributed by atoms with E-state index in [0.717, 1.165) is 6.07 Å². The molecule has 0 saturated heterocycles. The quantitative estimate of drug-likeness (QED) is 0.866. The van der Waals surface area contributed by atoms with Gasteiger partial charge in [0.15, 0.2) is 5.69 Å². The van der Waals surface area contributed by atoms with Gasteiger partial charge in [-0.1, -0.05) is 35.3 Å². The molecule has 2 rings (SSSR count). The number of nitrogens with one attached hydrogen (secondary N) is 1. The highest BCUT2D eigenvalue weighted by Gasteiger charge is 2.34. The standard InChI is InChI=1S/C13H10Cl2F3N3/c1-2-19-12-20-9(6-10(21-12)13(16,17)18)7-4-3-5-8(14)11(7)15/h3-6H,2H2,1H3,(H,19,20,21). The third-order valence-electron chi connectivity index (χ3n) is 2.58. The number of rotatable bonds is 3. The number of nitrogens with zero attached hydrogens (tertiary/aromatic N) is 2. The van der Waals surface area contributed by atoms with Gasteiger partial charge in [0.2, 0.25) is 5.95 Å². The summed E-state index contributed by atoms with van der Waals surface area (Å²) in [5.41, 5.74) is -0.670. The van der Waals surface area contributed by atoms with Gasteiger partial charge in [-0.2, -0.15) is 13.2 Å². The predicted octanol–water partition coefficient (Wildman–Crippen LogP) is 4.90. The van der Waals surface area contributed by atoms with Gasteiger partial charge in [0.25, 0.3) is 0 Å². The van der Waals surface area contributed by atoms with Crippen LogP contribution in [0, 0.1) is 0 Å². The Bertz CT molecular complexity index is 660. The first-order valence-corrected chi connectivity index (χ1v) is 6.73. The summed E-state index contributed by atoms with van der Waals surface area (Å²) in [7, 11) is 0. The number of hydrogen-bond donors (Lipinski definition) is 1. The van der Waals surface area contributed by atoms with Gasteiger partial charge in [-0.05, 0) is 19.1 Å². The number of alkyl halides is 3. The van der Waals surface area contributed by atoms with Crippen LogP contribution in [-0.4, -0.2) is 16.5 Å². The van der Waals surface area contributed by atoms with Crippen molar-refractivity contribution in [1.29, 1.82) is 0 Å². The third-order valence-corrected chi connectivity index (χ3v) is 3.40. The Balaban J connectivity index is 2.62. The van der Waals surface area contributed by atoms with Crippen molar-refractivity contribution in [2.75, 3.05) is 11.9 Å². The molecule has 0 fully saturated rings. The predicted molar refractivity (Wildman–Crippen MR) is 76.7 cm³/mol. The van der Waals surface area contributed by atoms with Crippen LogP contribution in [0.25, 0.3) is 11.3 Å². The van der Waals surface area contributed by atoms with Gasteiger partial charge in [0.1, 0.15) is 0 Å². The first-order chi connectivity index (χ1) is 9.82. The summed E-state index contributed by atoms with van der Waals surface area (Å²) in [6.45, 7) is 2.12. The lowest BCUT2D eigenvalue weighted by atomic mass is 10.1. The zero-order valence-electron chi connectivity index (χ0n) is 10.8. The molecule has 0 bridgehead atoms. The smallest absolute Gasteiger partial charge is 0.354 e. The summed E-state index contributed by atoms with van der Waals surface area (Å²) in [6.07, 6.45) is -4.58. The second-order valence-corrected chi connectivity index (χ2v) is 4.88. The highest BCUT2D eigenvalue weighted by Crippen LogP contribution is 2.35. The second-order valence-electron chi connectivity index (χ2n) is 4.09. The van der Waals surface area contributed by atoms with E-state index in [9.17, 15) is 13.2 Å². The van der Waals surface area contributed by atoms with Crippen LogP contribution >= 0.6 is 23.2 Å². The number of aromatic nitrogens is 2. The zero-order valence-corrected chi connectivity index (χ0v) is 12.3. The molecule has 0 atom stereocenters.